The Labute approximate surface area is 103 Å². The molecule has 0 aromatic rings. The van der Waals surface area contributed by atoms with Gasteiger partial charge in [0, 0.05) is 24.5 Å². The molecule has 0 aliphatic rings. The van der Waals surface area contributed by atoms with Crippen molar-refractivity contribution in [2.24, 2.45) is 10.8 Å². The highest BCUT2D eigenvalue weighted by Gasteiger charge is 2.42. The second-order valence-electron chi connectivity index (χ2n) is 5.31. The summed E-state index contributed by atoms with van der Waals surface area (Å²) in [4.78, 5) is 0.377. The third-order valence-corrected chi connectivity index (χ3v) is 5.21. The summed E-state index contributed by atoms with van der Waals surface area (Å²) in [7, 11) is 3.50. The van der Waals surface area contributed by atoms with Crippen LogP contribution in [0.3, 0.4) is 0 Å². The zero-order valence-corrected chi connectivity index (χ0v) is 12.5. The van der Waals surface area contributed by atoms with Gasteiger partial charge in [-0.15, -0.1) is 0 Å². The largest absolute Gasteiger partial charge is 0.384 e. The quantitative estimate of drug-likeness (QED) is 0.694. The van der Waals surface area contributed by atoms with Crippen molar-refractivity contribution in [3.05, 3.63) is 0 Å². The first-order valence-corrected chi connectivity index (χ1v) is 6.37. The average Bonchev–Trinajstić information content (AvgIpc) is 2.15. The molecule has 1 atom stereocenters. The van der Waals surface area contributed by atoms with Gasteiger partial charge in [-0.25, -0.2) is 0 Å². The maximum Gasteiger partial charge on any atom is 0.0551 e. The Kier molecular flexibility index (Phi) is 6.38. The number of methoxy groups -OCH3 is 2. The van der Waals surface area contributed by atoms with E-state index in [-0.39, 0.29) is 10.8 Å². The Morgan fingerprint density at radius 3 is 1.67 bits per heavy atom. The lowest BCUT2D eigenvalue weighted by Crippen LogP contribution is -2.45. The Morgan fingerprint density at radius 1 is 1.07 bits per heavy atom. The first-order valence-electron chi connectivity index (χ1n) is 5.46. The highest BCUT2D eigenvalue weighted by Crippen LogP contribution is 2.42. The zero-order valence-electron chi connectivity index (χ0n) is 10.9. The highest BCUT2D eigenvalue weighted by molar-refractivity contribution is 9.09. The van der Waals surface area contributed by atoms with Crippen LogP contribution in [0.1, 0.15) is 34.1 Å². The second-order valence-corrected chi connectivity index (χ2v) is 6.23. The van der Waals surface area contributed by atoms with E-state index in [1.54, 1.807) is 14.2 Å². The van der Waals surface area contributed by atoms with Crippen molar-refractivity contribution in [1.82, 2.24) is 0 Å². The average molecular weight is 281 g/mol. The van der Waals surface area contributed by atoms with E-state index in [0.29, 0.717) is 4.83 Å². The van der Waals surface area contributed by atoms with Gasteiger partial charge in [-0.1, -0.05) is 43.6 Å². The van der Waals surface area contributed by atoms with Crippen LogP contribution in [0.5, 0.6) is 0 Å². The van der Waals surface area contributed by atoms with Crippen molar-refractivity contribution in [2.45, 2.75) is 38.9 Å². The molecule has 0 N–H and O–H groups in total. The number of alkyl halides is 1. The second kappa shape index (κ2) is 6.21. The summed E-state index contributed by atoms with van der Waals surface area (Å²) >= 11 is 3.82. The molecule has 15 heavy (non-hydrogen) atoms. The van der Waals surface area contributed by atoms with Crippen molar-refractivity contribution in [3.63, 3.8) is 0 Å². The lowest BCUT2D eigenvalue weighted by atomic mass is 9.73. The number of halogens is 1. The summed E-state index contributed by atoms with van der Waals surface area (Å²) in [6, 6.07) is 0. The van der Waals surface area contributed by atoms with E-state index in [9.17, 15) is 0 Å². The summed E-state index contributed by atoms with van der Waals surface area (Å²) in [5, 5.41) is 0. The minimum absolute atomic E-state index is 0.0573. The SMILES string of the molecule is CCC(COC)(COC)C(Br)C(C)(C)C. The van der Waals surface area contributed by atoms with Crippen molar-refractivity contribution in [3.8, 4) is 0 Å². The van der Waals surface area contributed by atoms with Crippen LogP contribution in [0.2, 0.25) is 0 Å². The van der Waals surface area contributed by atoms with Gasteiger partial charge in [0.05, 0.1) is 13.2 Å². The van der Waals surface area contributed by atoms with E-state index in [0.717, 1.165) is 19.6 Å². The zero-order chi connectivity index (χ0) is 12.1. The molecular weight excluding hydrogens is 256 g/mol. The number of ether oxygens (including phenoxy) is 2. The van der Waals surface area contributed by atoms with Crippen LogP contribution in [-0.2, 0) is 9.47 Å². The third-order valence-electron chi connectivity index (χ3n) is 2.87. The van der Waals surface area contributed by atoms with E-state index in [4.69, 9.17) is 9.47 Å². The van der Waals surface area contributed by atoms with E-state index in [2.05, 4.69) is 43.6 Å². The van der Waals surface area contributed by atoms with Gasteiger partial charge in [0.2, 0.25) is 0 Å². The first kappa shape index (κ1) is 15.4. The van der Waals surface area contributed by atoms with Crippen molar-refractivity contribution in [2.75, 3.05) is 27.4 Å². The summed E-state index contributed by atoms with van der Waals surface area (Å²) < 4.78 is 10.7. The van der Waals surface area contributed by atoms with Crippen LogP contribution in [-0.4, -0.2) is 32.3 Å². The van der Waals surface area contributed by atoms with Gasteiger partial charge >= 0.3 is 0 Å². The molecule has 0 aliphatic heterocycles. The molecule has 0 radical (unpaired) electrons. The fourth-order valence-corrected chi connectivity index (χ4v) is 2.65. The van der Waals surface area contributed by atoms with Crippen LogP contribution in [0.4, 0.5) is 0 Å². The molecule has 0 bridgehead atoms. The van der Waals surface area contributed by atoms with Crippen LogP contribution in [0, 0.1) is 10.8 Å². The Bertz CT molecular complexity index is 169. The Hall–Kier alpha value is 0.400. The molecule has 92 valence electrons. The molecule has 2 nitrogen and oxygen atoms in total. The molecule has 0 spiro atoms. The monoisotopic (exact) mass is 280 g/mol. The topological polar surface area (TPSA) is 18.5 Å². The molecule has 3 heteroatoms. The van der Waals surface area contributed by atoms with Crippen LogP contribution in [0.25, 0.3) is 0 Å². The molecule has 0 saturated carbocycles. The number of rotatable bonds is 6. The molecule has 0 rings (SSSR count). The van der Waals surface area contributed by atoms with Crippen LogP contribution < -0.4 is 0 Å². The predicted octanol–water partition coefficient (Wildman–Crippen LogP) is 3.49. The molecule has 0 fully saturated rings. The minimum atomic E-state index is 0.0573. The normalized spacial score (nSPS) is 15.4. The predicted molar refractivity (Wildman–Crippen MR) is 68.6 cm³/mol. The molecule has 0 aliphatic carbocycles. The molecule has 0 aromatic carbocycles. The Morgan fingerprint density at radius 2 is 1.47 bits per heavy atom. The molecule has 0 saturated heterocycles. The van der Waals surface area contributed by atoms with Gasteiger partial charge < -0.3 is 9.47 Å². The smallest absolute Gasteiger partial charge is 0.0551 e. The van der Waals surface area contributed by atoms with Gasteiger partial charge in [0.1, 0.15) is 0 Å². The maximum atomic E-state index is 5.36. The van der Waals surface area contributed by atoms with E-state index < -0.39 is 0 Å². The number of hydrogen-bond acceptors (Lipinski definition) is 2. The lowest BCUT2D eigenvalue weighted by Gasteiger charge is -2.42. The minimum Gasteiger partial charge on any atom is -0.384 e. The van der Waals surface area contributed by atoms with Gasteiger partial charge in [0.15, 0.2) is 0 Å². The molecule has 0 amide bonds. The maximum absolute atomic E-state index is 5.36. The summed E-state index contributed by atoms with van der Waals surface area (Å²) in [5.74, 6) is 0. The number of hydrogen-bond donors (Lipinski definition) is 0. The van der Waals surface area contributed by atoms with Gasteiger partial charge in [0.25, 0.3) is 0 Å². The van der Waals surface area contributed by atoms with Crippen LogP contribution >= 0.6 is 15.9 Å². The van der Waals surface area contributed by atoms with Crippen molar-refractivity contribution < 1.29 is 9.47 Å². The lowest BCUT2D eigenvalue weighted by molar-refractivity contribution is -0.0102. The molecular formula is C12H25BrO2. The van der Waals surface area contributed by atoms with E-state index in [1.807, 2.05) is 0 Å². The summed E-state index contributed by atoms with van der Waals surface area (Å²) in [5.41, 5.74) is 0.259. The molecule has 0 aromatic heterocycles. The van der Waals surface area contributed by atoms with E-state index in [1.165, 1.54) is 0 Å². The summed E-state index contributed by atoms with van der Waals surface area (Å²) in [6.07, 6.45) is 1.04. The third kappa shape index (κ3) is 4.04. The standard InChI is InChI=1S/C12H25BrO2/c1-7-12(8-14-5,9-15-6)10(13)11(2,3)4/h10H,7-9H2,1-6H3. The molecule has 1 unspecified atom stereocenters. The first-order chi connectivity index (χ1) is 6.84. The fraction of sp³-hybridized carbons (Fsp3) is 1.00. The van der Waals surface area contributed by atoms with Gasteiger partial charge in [-0.3, -0.25) is 0 Å². The summed E-state index contributed by atoms with van der Waals surface area (Å²) in [6.45, 7) is 10.4. The van der Waals surface area contributed by atoms with Gasteiger partial charge in [-0.05, 0) is 11.8 Å². The van der Waals surface area contributed by atoms with Crippen LogP contribution in [0.15, 0.2) is 0 Å². The fourth-order valence-electron chi connectivity index (χ4n) is 2.06. The van der Waals surface area contributed by atoms with Crippen molar-refractivity contribution in [1.29, 1.82) is 0 Å². The molecule has 0 heterocycles. The van der Waals surface area contributed by atoms with E-state index >= 15 is 0 Å². The Balaban J connectivity index is 4.87. The van der Waals surface area contributed by atoms with Crippen molar-refractivity contribution >= 4 is 15.9 Å². The van der Waals surface area contributed by atoms with Gasteiger partial charge in [-0.2, -0.15) is 0 Å². The highest BCUT2D eigenvalue weighted by atomic mass is 79.9.